The molecule has 0 radical (unpaired) electrons. The van der Waals surface area contributed by atoms with E-state index in [1.165, 1.54) is 6.92 Å². The molecular weight excluding hydrogens is 228 g/mol. The summed E-state index contributed by atoms with van der Waals surface area (Å²) in [4.78, 5) is 11.0. The summed E-state index contributed by atoms with van der Waals surface area (Å²) >= 11 is 0. The maximum atomic E-state index is 12.0. The zero-order chi connectivity index (χ0) is 11.5. The van der Waals surface area contributed by atoms with Gasteiger partial charge in [0.1, 0.15) is 6.10 Å². The molecule has 0 spiro atoms. The van der Waals surface area contributed by atoms with E-state index in [0.717, 1.165) is 6.42 Å². The van der Waals surface area contributed by atoms with Crippen LogP contribution in [0.1, 0.15) is 13.3 Å². The lowest BCUT2D eigenvalue weighted by Gasteiger charge is -2.23. The lowest BCUT2D eigenvalue weighted by molar-refractivity contribution is -0.147. The second-order valence-corrected chi connectivity index (χ2v) is 7.17. The summed E-state index contributed by atoms with van der Waals surface area (Å²) in [7, 11) is -3.08. The molecule has 3 aliphatic rings. The Morgan fingerprint density at radius 2 is 2.00 bits per heavy atom. The number of allylic oxidation sites excluding steroid dienone is 2. The minimum atomic E-state index is -3.08. The number of ether oxygens (including phenoxy) is 1. The van der Waals surface area contributed by atoms with Crippen LogP contribution in [0.3, 0.4) is 0 Å². The molecule has 0 aromatic carbocycles. The predicted molar refractivity (Wildman–Crippen MR) is 57.4 cm³/mol. The van der Waals surface area contributed by atoms with Crippen molar-refractivity contribution in [3.63, 3.8) is 0 Å². The molecule has 2 bridgehead atoms. The van der Waals surface area contributed by atoms with E-state index in [1.54, 1.807) is 0 Å². The Bertz CT molecular complexity index is 464. The fourth-order valence-electron chi connectivity index (χ4n) is 3.58. The zero-order valence-electron chi connectivity index (χ0n) is 9.00. The van der Waals surface area contributed by atoms with Crippen LogP contribution in [0.25, 0.3) is 0 Å². The largest absolute Gasteiger partial charge is 0.461 e. The van der Waals surface area contributed by atoms with Gasteiger partial charge >= 0.3 is 5.97 Å². The van der Waals surface area contributed by atoms with Crippen LogP contribution >= 0.6 is 0 Å². The van der Waals surface area contributed by atoms with Gasteiger partial charge in [0.2, 0.25) is 0 Å². The number of sulfone groups is 1. The number of esters is 1. The fourth-order valence-corrected chi connectivity index (χ4v) is 6.15. The highest BCUT2D eigenvalue weighted by atomic mass is 32.2. The highest BCUT2D eigenvalue weighted by molar-refractivity contribution is 7.92. The van der Waals surface area contributed by atoms with Gasteiger partial charge in [-0.1, -0.05) is 12.2 Å². The number of rotatable bonds is 1. The molecule has 0 amide bonds. The third kappa shape index (κ3) is 1.27. The summed E-state index contributed by atoms with van der Waals surface area (Å²) in [5.41, 5.74) is 0. The van der Waals surface area contributed by atoms with Crippen LogP contribution in [0.5, 0.6) is 0 Å². The molecule has 1 heterocycles. The van der Waals surface area contributed by atoms with Gasteiger partial charge in [0.15, 0.2) is 9.84 Å². The van der Waals surface area contributed by atoms with E-state index in [2.05, 4.69) is 6.08 Å². The van der Waals surface area contributed by atoms with Crippen molar-refractivity contribution in [3.8, 4) is 0 Å². The summed E-state index contributed by atoms with van der Waals surface area (Å²) in [6.07, 6.45) is 4.59. The Morgan fingerprint density at radius 1 is 1.31 bits per heavy atom. The molecule has 5 atom stereocenters. The molecule has 2 fully saturated rings. The average molecular weight is 242 g/mol. The highest BCUT2D eigenvalue weighted by Crippen LogP contribution is 2.52. The van der Waals surface area contributed by atoms with Gasteiger partial charge in [0.25, 0.3) is 0 Å². The molecule has 0 aromatic rings. The summed E-state index contributed by atoms with van der Waals surface area (Å²) in [5.74, 6) is 0.0741. The Balaban J connectivity index is 1.96. The Kier molecular flexibility index (Phi) is 2.00. The maximum Gasteiger partial charge on any atom is 0.302 e. The molecule has 0 N–H and O–H groups in total. The topological polar surface area (TPSA) is 60.4 Å². The summed E-state index contributed by atoms with van der Waals surface area (Å²) < 4.78 is 29.2. The first-order chi connectivity index (χ1) is 7.49. The molecular formula is C11H14O4S. The first-order valence-electron chi connectivity index (χ1n) is 5.56. The molecule has 5 heteroatoms. The quantitative estimate of drug-likeness (QED) is 0.497. The lowest BCUT2D eigenvalue weighted by atomic mass is 9.89. The number of fused-ring (bicyclic) bond motifs is 5. The van der Waals surface area contributed by atoms with E-state index in [-0.39, 0.29) is 34.7 Å². The van der Waals surface area contributed by atoms with Crippen molar-refractivity contribution < 1.29 is 17.9 Å². The van der Waals surface area contributed by atoms with Crippen LogP contribution in [0, 0.1) is 17.8 Å². The van der Waals surface area contributed by atoms with E-state index < -0.39 is 15.9 Å². The zero-order valence-corrected chi connectivity index (χ0v) is 9.81. The number of hydrogen-bond donors (Lipinski definition) is 0. The molecule has 2 aliphatic carbocycles. The normalized spacial score (nSPS) is 46.9. The van der Waals surface area contributed by atoms with Crippen molar-refractivity contribution in [2.45, 2.75) is 24.7 Å². The Labute approximate surface area is 94.6 Å². The SMILES string of the molecule is CC(=O)O[C@@H]1CS(=O)(=O)C2C1[C@H]1C=C[C@@H]2C1. The van der Waals surface area contributed by atoms with Crippen molar-refractivity contribution in [3.05, 3.63) is 12.2 Å². The summed E-state index contributed by atoms with van der Waals surface area (Å²) in [5, 5.41) is -0.299. The first kappa shape index (κ1) is 10.3. The molecule has 1 aliphatic heterocycles. The van der Waals surface area contributed by atoms with Gasteiger partial charge in [-0.25, -0.2) is 8.42 Å². The molecule has 16 heavy (non-hydrogen) atoms. The monoisotopic (exact) mass is 242 g/mol. The number of carbonyl (C=O) groups is 1. The highest BCUT2D eigenvalue weighted by Gasteiger charge is 2.60. The van der Waals surface area contributed by atoms with Crippen LogP contribution in [0.2, 0.25) is 0 Å². The molecule has 3 rings (SSSR count). The second-order valence-electron chi connectivity index (χ2n) is 4.97. The van der Waals surface area contributed by atoms with Crippen molar-refractivity contribution >= 4 is 15.8 Å². The minimum Gasteiger partial charge on any atom is -0.461 e. The van der Waals surface area contributed by atoms with Crippen molar-refractivity contribution in [1.82, 2.24) is 0 Å². The third-order valence-corrected chi connectivity index (χ3v) is 6.29. The van der Waals surface area contributed by atoms with Crippen molar-refractivity contribution in [1.29, 1.82) is 0 Å². The molecule has 2 unspecified atom stereocenters. The summed E-state index contributed by atoms with van der Waals surface area (Å²) in [6, 6.07) is 0. The van der Waals surface area contributed by atoms with E-state index >= 15 is 0 Å². The van der Waals surface area contributed by atoms with E-state index in [4.69, 9.17) is 4.74 Å². The van der Waals surface area contributed by atoms with Crippen LogP contribution in [-0.4, -0.2) is 31.5 Å². The Hall–Kier alpha value is -0.840. The van der Waals surface area contributed by atoms with Gasteiger partial charge in [-0.2, -0.15) is 0 Å². The lowest BCUT2D eigenvalue weighted by Crippen LogP contribution is -2.31. The molecule has 1 saturated heterocycles. The van der Waals surface area contributed by atoms with E-state index in [0.29, 0.717) is 0 Å². The Morgan fingerprint density at radius 3 is 2.69 bits per heavy atom. The average Bonchev–Trinajstić information content (AvgIpc) is 2.77. The van der Waals surface area contributed by atoms with E-state index in [1.807, 2.05) is 6.08 Å². The molecule has 4 nitrogen and oxygen atoms in total. The van der Waals surface area contributed by atoms with Gasteiger partial charge in [-0.15, -0.1) is 0 Å². The number of carbonyl (C=O) groups excluding carboxylic acids is 1. The van der Waals surface area contributed by atoms with Crippen LogP contribution in [0.4, 0.5) is 0 Å². The minimum absolute atomic E-state index is 0.00361. The van der Waals surface area contributed by atoms with Crippen LogP contribution < -0.4 is 0 Å². The van der Waals surface area contributed by atoms with Crippen LogP contribution in [-0.2, 0) is 19.4 Å². The van der Waals surface area contributed by atoms with Crippen LogP contribution in [0.15, 0.2) is 12.2 Å². The van der Waals surface area contributed by atoms with Crippen molar-refractivity contribution in [2.75, 3.05) is 5.75 Å². The van der Waals surface area contributed by atoms with E-state index in [9.17, 15) is 13.2 Å². The van der Waals surface area contributed by atoms with Gasteiger partial charge in [-0.05, 0) is 18.3 Å². The molecule has 88 valence electrons. The number of hydrogen-bond acceptors (Lipinski definition) is 4. The van der Waals surface area contributed by atoms with Gasteiger partial charge in [0.05, 0.1) is 11.0 Å². The predicted octanol–water partition coefficient (Wildman–Crippen LogP) is 0.537. The standard InChI is InChI=1S/C11H14O4S/c1-6(12)15-9-5-16(13,14)11-8-3-2-7(4-8)10(9)11/h2-3,7-11H,4-5H2,1H3/t7-,8+,9+,10?,11?/m0/s1. The van der Waals surface area contributed by atoms with Crippen molar-refractivity contribution in [2.24, 2.45) is 17.8 Å². The fraction of sp³-hybridized carbons (Fsp3) is 0.727. The first-order valence-corrected chi connectivity index (χ1v) is 7.28. The maximum absolute atomic E-state index is 12.0. The molecule has 0 aromatic heterocycles. The molecule has 1 saturated carbocycles. The van der Waals surface area contributed by atoms with Gasteiger partial charge < -0.3 is 4.74 Å². The third-order valence-electron chi connectivity index (χ3n) is 4.00. The second kappa shape index (κ2) is 3.09. The van der Waals surface area contributed by atoms with Gasteiger partial charge in [0, 0.05) is 12.8 Å². The summed E-state index contributed by atoms with van der Waals surface area (Å²) in [6.45, 7) is 1.34. The smallest absolute Gasteiger partial charge is 0.302 e. The van der Waals surface area contributed by atoms with Gasteiger partial charge in [-0.3, -0.25) is 4.79 Å².